The van der Waals surface area contributed by atoms with Crippen LogP contribution in [0.4, 0.5) is 4.53 Å². The van der Waals surface area contributed by atoms with Gasteiger partial charge in [0.25, 0.3) is 0 Å². The summed E-state index contributed by atoms with van der Waals surface area (Å²) in [4.78, 5) is 17.8. The van der Waals surface area contributed by atoms with Crippen LogP contribution < -0.4 is 5.73 Å². The van der Waals surface area contributed by atoms with Gasteiger partial charge in [-0.3, -0.25) is 9.93 Å². The number of hydrogen-bond donors (Lipinski definition) is 1. The van der Waals surface area contributed by atoms with Crippen LogP contribution in [0.1, 0.15) is 18.0 Å². The molecule has 5 nitrogen and oxygen atoms in total. The minimum absolute atomic E-state index is 0.246. The van der Waals surface area contributed by atoms with Crippen LogP contribution in [-0.2, 0) is 9.74 Å². The van der Waals surface area contributed by atoms with Gasteiger partial charge in [-0.15, -0.1) is 0 Å². The van der Waals surface area contributed by atoms with Gasteiger partial charge in [0.1, 0.15) is 5.52 Å². The molecule has 6 heteroatoms. The molecule has 0 radical (unpaired) electrons. The number of nitrogens with zero attached hydrogens (tertiary/aromatic N) is 1. The predicted molar refractivity (Wildman–Crippen MR) is 52.8 cm³/mol. The molecular weight excluding hydrogens is 215 g/mol. The lowest BCUT2D eigenvalue weighted by Gasteiger charge is -2.08. The monoisotopic (exact) mass is 224 g/mol. The van der Waals surface area contributed by atoms with Crippen LogP contribution in [0.3, 0.4) is 0 Å². The average molecular weight is 224 g/mol. The molecule has 0 spiro atoms. The van der Waals surface area contributed by atoms with Crippen molar-refractivity contribution in [2.24, 2.45) is 5.73 Å². The molecule has 16 heavy (non-hydrogen) atoms. The Kier molecular flexibility index (Phi) is 2.82. The van der Waals surface area contributed by atoms with E-state index in [0.717, 1.165) is 0 Å². The number of pyridine rings is 1. The molecule has 1 unspecified atom stereocenters. The smallest absolute Gasteiger partial charge is 0.350 e. The van der Waals surface area contributed by atoms with Crippen LogP contribution in [-0.4, -0.2) is 11.0 Å². The fourth-order valence-electron chi connectivity index (χ4n) is 1.39. The summed E-state index contributed by atoms with van der Waals surface area (Å²) in [6.45, 7) is 0. The van der Waals surface area contributed by atoms with Gasteiger partial charge in [-0.2, -0.15) is 0 Å². The fraction of sp³-hybridized carbons (Fsp3) is 0.200. The highest BCUT2D eigenvalue weighted by Gasteiger charge is 2.14. The van der Waals surface area contributed by atoms with E-state index in [1.54, 1.807) is 12.1 Å². The Labute approximate surface area is 89.9 Å². The number of nitrogens with two attached hydrogens (primary N) is 1. The molecular formula is C10H9FN2O3. The van der Waals surface area contributed by atoms with Crippen LogP contribution in [0.5, 0.6) is 0 Å². The maximum absolute atomic E-state index is 11.5. The first-order valence-corrected chi connectivity index (χ1v) is 4.61. The van der Waals surface area contributed by atoms with Crippen molar-refractivity contribution >= 4 is 17.1 Å². The number of carbonyl (C=O) groups excluding carboxylic acids is 1. The van der Waals surface area contributed by atoms with Gasteiger partial charge in [-0.1, -0.05) is 0 Å². The third kappa shape index (κ3) is 2.01. The van der Waals surface area contributed by atoms with Crippen molar-refractivity contribution in [1.29, 1.82) is 0 Å². The quantitative estimate of drug-likeness (QED) is 0.857. The number of furan rings is 1. The highest BCUT2D eigenvalue weighted by Crippen LogP contribution is 2.19. The van der Waals surface area contributed by atoms with E-state index in [2.05, 4.69) is 9.93 Å². The van der Waals surface area contributed by atoms with Gasteiger partial charge in [-0.05, 0) is 11.6 Å². The summed E-state index contributed by atoms with van der Waals surface area (Å²) in [6, 6.07) is 2.71. The van der Waals surface area contributed by atoms with Gasteiger partial charge in [-0.25, -0.2) is 4.79 Å². The highest BCUT2D eigenvalue weighted by atomic mass is 19.3. The topological polar surface area (TPSA) is 78.4 Å². The van der Waals surface area contributed by atoms with E-state index in [4.69, 9.17) is 10.2 Å². The van der Waals surface area contributed by atoms with Crippen LogP contribution in [0.2, 0.25) is 0 Å². The summed E-state index contributed by atoms with van der Waals surface area (Å²) < 4.78 is 16.7. The minimum atomic E-state index is -1.01. The standard InChI is InChI=1S/C10H9FN2O3/c11-16-10(14)4-7(12)6-3-9-8(13-5-6)1-2-15-9/h1-3,5,7H,4,12H2. The molecule has 0 aliphatic heterocycles. The molecule has 0 saturated carbocycles. The number of carbonyl (C=O) groups is 1. The van der Waals surface area contributed by atoms with Crippen molar-refractivity contribution in [3.63, 3.8) is 0 Å². The van der Waals surface area contributed by atoms with Crippen molar-refractivity contribution in [2.75, 3.05) is 0 Å². The molecule has 0 amide bonds. The largest absolute Gasteiger partial charge is 0.463 e. The molecule has 2 aromatic rings. The molecule has 1 atom stereocenters. The summed E-state index contributed by atoms with van der Waals surface area (Å²) in [5, 5.41) is 0. The summed E-state index contributed by atoms with van der Waals surface area (Å²) >= 11 is 0. The molecule has 0 aromatic carbocycles. The van der Waals surface area contributed by atoms with E-state index < -0.39 is 12.0 Å². The maximum Gasteiger partial charge on any atom is 0.350 e. The van der Waals surface area contributed by atoms with E-state index in [9.17, 15) is 9.32 Å². The van der Waals surface area contributed by atoms with Crippen molar-refractivity contribution in [3.05, 3.63) is 30.2 Å². The number of fused-ring (bicyclic) bond motifs is 1. The van der Waals surface area contributed by atoms with E-state index in [-0.39, 0.29) is 6.42 Å². The minimum Gasteiger partial charge on any atom is -0.463 e. The van der Waals surface area contributed by atoms with Crippen molar-refractivity contribution in [3.8, 4) is 0 Å². The first-order chi connectivity index (χ1) is 7.70. The molecule has 0 aliphatic rings. The molecule has 0 saturated heterocycles. The highest BCUT2D eigenvalue weighted by molar-refractivity contribution is 5.73. The fourth-order valence-corrected chi connectivity index (χ4v) is 1.39. The zero-order chi connectivity index (χ0) is 11.5. The van der Waals surface area contributed by atoms with Gasteiger partial charge in [0.15, 0.2) is 5.58 Å². The van der Waals surface area contributed by atoms with Gasteiger partial charge in [0, 0.05) is 22.8 Å². The number of aromatic nitrogens is 1. The zero-order valence-corrected chi connectivity index (χ0v) is 8.22. The lowest BCUT2D eigenvalue weighted by atomic mass is 10.1. The molecule has 0 fully saturated rings. The molecule has 0 bridgehead atoms. The van der Waals surface area contributed by atoms with Crippen LogP contribution in [0.15, 0.2) is 29.0 Å². The van der Waals surface area contributed by atoms with Gasteiger partial charge < -0.3 is 10.2 Å². The molecule has 0 aliphatic carbocycles. The SMILES string of the molecule is NC(CC(=O)OF)c1cnc2ccoc2c1. The Morgan fingerprint density at radius 3 is 3.25 bits per heavy atom. The Morgan fingerprint density at radius 2 is 2.50 bits per heavy atom. The van der Waals surface area contributed by atoms with Crippen molar-refractivity contribution in [2.45, 2.75) is 12.5 Å². The van der Waals surface area contributed by atoms with Crippen molar-refractivity contribution < 1.29 is 18.7 Å². The second-order valence-corrected chi connectivity index (χ2v) is 3.33. The third-order valence-electron chi connectivity index (χ3n) is 2.22. The van der Waals surface area contributed by atoms with E-state index in [1.807, 2.05) is 0 Å². The summed E-state index contributed by atoms with van der Waals surface area (Å²) in [5.74, 6) is -1.01. The molecule has 84 valence electrons. The average Bonchev–Trinajstić information content (AvgIpc) is 2.75. The summed E-state index contributed by atoms with van der Waals surface area (Å²) in [7, 11) is 0. The summed E-state index contributed by atoms with van der Waals surface area (Å²) in [6.07, 6.45) is 2.78. The lowest BCUT2D eigenvalue weighted by Crippen LogP contribution is -2.15. The first-order valence-electron chi connectivity index (χ1n) is 4.61. The van der Waals surface area contributed by atoms with E-state index in [1.165, 1.54) is 12.5 Å². The predicted octanol–water partition coefficient (Wildman–Crippen LogP) is 1.65. The zero-order valence-electron chi connectivity index (χ0n) is 8.22. The maximum atomic E-state index is 11.5. The first kappa shape index (κ1) is 10.6. The van der Waals surface area contributed by atoms with Gasteiger partial charge in [0.05, 0.1) is 12.7 Å². The summed E-state index contributed by atoms with van der Waals surface area (Å²) in [5.41, 5.74) is 7.54. The molecule has 2 rings (SSSR count). The Hall–Kier alpha value is -1.95. The van der Waals surface area contributed by atoms with Gasteiger partial charge >= 0.3 is 5.97 Å². The molecule has 2 aromatic heterocycles. The van der Waals surface area contributed by atoms with Crippen molar-refractivity contribution in [1.82, 2.24) is 4.98 Å². The number of halogens is 1. The second-order valence-electron chi connectivity index (χ2n) is 3.33. The van der Waals surface area contributed by atoms with E-state index in [0.29, 0.717) is 16.7 Å². The van der Waals surface area contributed by atoms with Gasteiger partial charge in [0.2, 0.25) is 0 Å². The van der Waals surface area contributed by atoms with Crippen LogP contribution in [0.25, 0.3) is 11.1 Å². The number of hydrogen-bond acceptors (Lipinski definition) is 5. The third-order valence-corrected chi connectivity index (χ3v) is 2.22. The molecule has 2 N–H and O–H groups in total. The second kappa shape index (κ2) is 4.28. The van der Waals surface area contributed by atoms with Crippen LogP contribution >= 0.6 is 0 Å². The van der Waals surface area contributed by atoms with Crippen LogP contribution in [0, 0.1) is 0 Å². The number of rotatable bonds is 3. The Balaban J connectivity index is 2.22. The molecule has 2 heterocycles. The van der Waals surface area contributed by atoms with E-state index >= 15 is 0 Å². The Morgan fingerprint density at radius 1 is 1.69 bits per heavy atom. The lowest BCUT2D eigenvalue weighted by molar-refractivity contribution is -0.184. The normalized spacial score (nSPS) is 12.6. The Bertz CT molecular complexity index is 511.